The molecule has 0 heterocycles. The van der Waals surface area contributed by atoms with E-state index in [0.29, 0.717) is 12.6 Å². The van der Waals surface area contributed by atoms with Crippen LogP contribution >= 0.6 is 11.8 Å². The minimum atomic E-state index is -0.000275. The smallest absolute Gasteiger partial charge is 0.252 e. The molecule has 1 rings (SSSR count). The van der Waals surface area contributed by atoms with Crippen molar-refractivity contribution in [3.05, 3.63) is 29.8 Å². The highest BCUT2D eigenvalue weighted by Gasteiger charge is 2.10. The molecule has 1 amide bonds. The maximum Gasteiger partial charge on any atom is 0.252 e. The topological polar surface area (TPSA) is 41.1 Å². The first-order valence-electron chi connectivity index (χ1n) is 5.83. The minimum Gasteiger partial charge on any atom is -0.350 e. The van der Waals surface area contributed by atoms with E-state index in [1.807, 2.05) is 30.5 Å². The van der Waals surface area contributed by atoms with Crippen molar-refractivity contribution in [1.29, 1.82) is 0 Å². The summed E-state index contributed by atoms with van der Waals surface area (Å²) in [6, 6.07) is 7.96. The highest BCUT2D eigenvalue weighted by Crippen LogP contribution is 2.19. The van der Waals surface area contributed by atoms with E-state index >= 15 is 0 Å². The van der Waals surface area contributed by atoms with Crippen molar-refractivity contribution in [2.24, 2.45) is 0 Å². The predicted octanol–water partition coefficient (Wildman–Crippen LogP) is 2.14. The Morgan fingerprint density at radius 1 is 1.41 bits per heavy atom. The number of rotatable bonds is 6. The first kappa shape index (κ1) is 14.1. The lowest BCUT2D eigenvalue weighted by Gasteiger charge is -2.14. The van der Waals surface area contributed by atoms with E-state index in [1.54, 1.807) is 11.8 Å². The van der Waals surface area contributed by atoms with Crippen molar-refractivity contribution in [3.8, 4) is 0 Å². The third-order valence-electron chi connectivity index (χ3n) is 2.47. The van der Waals surface area contributed by atoms with Crippen molar-refractivity contribution < 1.29 is 4.79 Å². The third kappa shape index (κ3) is 4.40. The summed E-state index contributed by atoms with van der Waals surface area (Å²) in [4.78, 5) is 13.0. The van der Waals surface area contributed by atoms with Gasteiger partial charge in [0.05, 0.1) is 5.56 Å². The Morgan fingerprint density at radius 3 is 2.76 bits per heavy atom. The van der Waals surface area contributed by atoms with E-state index in [0.717, 1.165) is 17.0 Å². The number of carbonyl (C=O) groups is 1. The van der Waals surface area contributed by atoms with Gasteiger partial charge in [-0.05, 0) is 31.9 Å². The molecular weight excluding hydrogens is 232 g/mol. The van der Waals surface area contributed by atoms with Gasteiger partial charge in [0, 0.05) is 17.5 Å². The molecule has 0 unspecified atom stereocenters. The number of benzene rings is 1. The second kappa shape index (κ2) is 7.35. The summed E-state index contributed by atoms with van der Waals surface area (Å²) in [6.45, 7) is 5.68. The Balaban J connectivity index is 2.58. The fourth-order valence-electron chi connectivity index (χ4n) is 1.59. The van der Waals surface area contributed by atoms with Gasteiger partial charge in [-0.3, -0.25) is 4.79 Å². The summed E-state index contributed by atoms with van der Waals surface area (Å²) in [5.41, 5.74) is 0.753. The molecule has 0 aliphatic heterocycles. The van der Waals surface area contributed by atoms with Crippen molar-refractivity contribution in [2.75, 3.05) is 19.3 Å². The fourth-order valence-corrected chi connectivity index (χ4v) is 2.19. The summed E-state index contributed by atoms with van der Waals surface area (Å²) < 4.78 is 0. The molecule has 4 heteroatoms. The average Bonchev–Trinajstić information content (AvgIpc) is 2.36. The van der Waals surface area contributed by atoms with Crippen LogP contribution < -0.4 is 10.6 Å². The number of thioether (sulfide) groups is 1. The monoisotopic (exact) mass is 252 g/mol. The lowest BCUT2D eigenvalue weighted by molar-refractivity contribution is 0.0947. The molecule has 0 saturated carbocycles. The summed E-state index contributed by atoms with van der Waals surface area (Å²) in [5.74, 6) is -0.000275. The second-order valence-corrected chi connectivity index (χ2v) is 4.72. The van der Waals surface area contributed by atoms with Gasteiger partial charge in [0.1, 0.15) is 0 Å². The molecular formula is C13H20N2OS. The second-order valence-electron chi connectivity index (χ2n) is 3.87. The van der Waals surface area contributed by atoms with Crippen LogP contribution in [-0.4, -0.2) is 31.3 Å². The minimum absolute atomic E-state index is 0.000275. The van der Waals surface area contributed by atoms with Crippen LogP contribution in [-0.2, 0) is 0 Å². The van der Waals surface area contributed by atoms with Gasteiger partial charge < -0.3 is 10.6 Å². The Hall–Kier alpha value is -1.00. The highest BCUT2D eigenvalue weighted by atomic mass is 32.2. The SMILES string of the molecule is CCN[C@H](C)CNC(=O)c1ccccc1SC. The molecule has 17 heavy (non-hydrogen) atoms. The molecule has 0 aliphatic rings. The molecule has 1 aromatic carbocycles. The molecule has 0 aromatic heterocycles. The van der Waals surface area contributed by atoms with Gasteiger partial charge in [0.2, 0.25) is 0 Å². The Morgan fingerprint density at radius 2 is 2.12 bits per heavy atom. The number of hydrogen-bond acceptors (Lipinski definition) is 3. The van der Waals surface area contributed by atoms with E-state index in [-0.39, 0.29) is 5.91 Å². The Bertz CT molecular complexity index is 368. The zero-order valence-corrected chi connectivity index (χ0v) is 11.4. The summed E-state index contributed by atoms with van der Waals surface area (Å²) in [6.07, 6.45) is 1.98. The van der Waals surface area contributed by atoms with Gasteiger partial charge >= 0.3 is 0 Å². The highest BCUT2D eigenvalue weighted by molar-refractivity contribution is 7.98. The maximum atomic E-state index is 12.0. The van der Waals surface area contributed by atoms with Crippen molar-refractivity contribution >= 4 is 17.7 Å². The van der Waals surface area contributed by atoms with E-state index in [1.165, 1.54) is 0 Å². The molecule has 0 radical (unpaired) electrons. The van der Waals surface area contributed by atoms with Crippen LogP contribution in [0.15, 0.2) is 29.2 Å². The molecule has 1 atom stereocenters. The molecule has 0 spiro atoms. The molecule has 2 N–H and O–H groups in total. The molecule has 0 aliphatic carbocycles. The molecule has 3 nitrogen and oxygen atoms in total. The number of likely N-dealkylation sites (N-methyl/N-ethyl adjacent to an activating group) is 1. The van der Waals surface area contributed by atoms with Crippen LogP contribution in [0.2, 0.25) is 0 Å². The fraction of sp³-hybridized carbons (Fsp3) is 0.462. The number of hydrogen-bond donors (Lipinski definition) is 2. The van der Waals surface area contributed by atoms with Crippen LogP contribution in [0.25, 0.3) is 0 Å². The van der Waals surface area contributed by atoms with Gasteiger partial charge in [0.15, 0.2) is 0 Å². The maximum absolute atomic E-state index is 12.0. The zero-order valence-electron chi connectivity index (χ0n) is 10.6. The van der Waals surface area contributed by atoms with Gasteiger partial charge in [-0.1, -0.05) is 19.1 Å². The number of nitrogens with one attached hydrogen (secondary N) is 2. The lowest BCUT2D eigenvalue weighted by Crippen LogP contribution is -2.38. The average molecular weight is 252 g/mol. The van der Waals surface area contributed by atoms with Crippen LogP contribution in [0.3, 0.4) is 0 Å². The Kier molecular flexibility index (Phi) is 6.08. The van der Waals surface area contributed by atoms with E-state index in [9.17, 15) is 4.79 Å². The molecule has 0 saturated heterocycles. The largest absolute Gasteiger partial charge is 0.350 e. The van der Waals surface area contributed by atoms with Crippen LogP contribution in [0, 0.1) is 0 Å². The molecule has 94 valence electrons. The quantitative estimate of drug-likeness (QED) is 0.762. The number of amides is 1. The van der Waals surface area contributed by atoms with Gasteiger partial charge in [-0.15, -0.1) is 11.8 Å². The van der Waals surface area contributed by atoms with Crippen LogP contribution in [0.5, 0.6) is 0 Å². The third-order valence-corrected chi connectivity index (χ3v) is 3.27. The first-order chi connectivity index (χ1) is 8.19. The van der Waals surface area contributed by atoms with Crippen LogP contribution in [0.4, 0.5) is 0 Å². The first-order valence-corrected chi connectivity index (χ1v) is 7.06. The normalized spacial score (nSPS) is 12.2. The molecule has 0 bridgehead atoms. The van der Waals surface area contributed by atoms with Crippen molar-refractivity contribution in [3.63, 3.8) is 0 Å². The molecule has 1 aromatic rings. The van der Waals surface area contributed by atoms with Gasteiger partial charge in [-0.25, -0.2) is 0 Å². The van der Waals surface area contributed by atoms with Gasteiger partial charge in [-0.2, -0.15) is 0 Å². The summed E-state index contributed by atoms with van der Waals surface area (Å²) in [5, 5.41) is 6.20. The predicted molar refractivity (Wildman–Crippen MR) is 73.7 cm³/mol. The van der Waals surface area contributed by atoms with Crippen molar-refractivity contribution in [2.45, 2.75) is 24.8 Å². The summed E-state index contributed by atoms with van der Waals surface area (Å²) in [7, 11) is 0. The van der Waals surface area contributed by atoms with Crippen molar-refractivity contribution in [1.82, 2.24) is 10.6 Å². The van der Waals surface area contributed by atoms with Crippen LogP contribution in [0.1, 0.15) is 24.2 Å². The Labute approximate surface area is 107 Å². The number of carbonyl (C=O) groups excluding carboxylic acids is 1. The van der Waals surface area contributed by atoms with Gasteiger partial charge in [0.25, 0.3) is 5.91 Å². The zero-order chi connectivity index (χ0) is 12.7. The summed E-state index contributed by atoms with van der Waals surface area (Å²) >= 11 is 1.59. The lowest BCUT2D eigenvalue weighted by atomic mass is 10.2. The molecule has 0 fully saturated rings. The van der Waals surface area contributed by atoms with E-state index in [2.05, 4.69) is 24.5 Å². The van der Waals surface area contributed by atoms with E-state index < -0.39 is 0 Å². The standard InChI is InChI=1S/C13H20N2OS/c1-4-14-10(2)9-15-13(16)11-7-5-6-8-12(11)17-3/h5-8,10,14H,4,9H2,1-3H3,(H,15,16)/t10-/m1/s1. The van der Waals surface area contributed by atoms with E-state index in [4.69, 9.17) is 0 Å².